The van der Waals surface area contributed by atoms with E-state index >= 15 is 0 Å². The molecule has 0 radical (unpaired) electrons. The standard InChI is InChI=1S/C14H19N5O2/c1-9-3-4-14(21)13(15-9)7-18-5-11(6-18)19-8-12(10(2)20)16-17-19/h3-4,8,10-11,20-21H,5-7H2,1-2H3. The SMILES string of the molecule is Cc1ccc(O)c(CN2CC(n3cc(C(C)O)nn3)C2)n1. The molecule has 2 aromatic heterocycles. The Balaban J connectivity index is 1.59. The van der Waals surface area contributed by atoms with Gasteiger partial charge in [-0.2, -0.15) is 0 Å². The highest BCUT2D eigenvalue weighted by Crippen LogP contribution is 2.25. The number of aliphatic hydroxyl groups is 1. The summed E-state index contributed by atoms with van der Waals surface area (Å²) in [5.41, 5.74) is 2.20. The maximum atomic E-state index is 9.81. The first-order chi connectivity index (χ1) is 10.0. The number of pyridine rings is 1. The first kappa shape index (κ1) is 14.0. The molecule has 1 aliphatic rings. The Morgan fingerprint density at radius 1 is 1.38 bits per heavy atom. The smallest absolute Gasteiger partial charge is 0.138 e. The van der Waals surface area contributed by atoms with E-state index in [9.17, 15) is 10.2 Å². The van der Waals surface area contributed by atoms with E-state index in [4.69, 9.17) is 0 Å². The summed E-state index contributed by atoms with van der Waals surface area (Å²) in [6.07, 6.45) is 1.19. The number of aryl methyl sites for hydroxylation is 1. The van der Waals surface area contributed by atoms with Crippen LogP contribution in [0, 0.1) is 6.92 Å². The summed E-state index contributed by atoms with van der Waals surface area (Å²) < 4.78 is 1.79. The van der Waals surface area contributed by atoms with Gasteiger partial charge in [0.1, 0.15) is 11.4 Å². The first-order valence-corrected chi connectivity index (χ1v) is 7.00. The number of nitrogens with zero attached hydrogens (tertiary/aromatic N) is 5. The molecule has 7 nitrogen and oxygen atoms in total. The minimum absolute atomic E-state index is 0.237. The molecule has 1 aliphatic heterocycles. The van der Waals surface area contributed by atoms with Crippen LogP contribution in [0.25, 0.3) is 0 Å². The lowest BCUT2D eigenvalue weighted by Crippen LogP contribution is -2.47. The molecule has 0 amide bonds. The molecule has 1 atom stereocenters. The Morgan fingerprint density at radius 2 is 2.14 bits per heavy atom. The van der Waals surface area contributed by atoms with Crippen molar-refractivity contribution in [1.29, 1.82) is 0 Å². The van der Waals surface area contributed by atoms with Crippen LogP contribution in [0.4, 0.5) is 0 Å². The van der Waals surface area contributed by atoms with Crippen molar-refractivity contribution >= 4 is 0 Å². The van der Waals surface area contributed by atoms with Crippen LogP contribution in [0.2, 0.25) is 0 Å². The zero-order chi connectivity index (χ0) is 15.0. The lowest BCUT2D eigenvalue weighted by atomic mass is 10.1. The van der Waals surface area contributed by atoms with Gasteiger partial charge in [0.05, 0.1) is 24.0 Å². The number of aromatic nitrogens is 4. The van der Waals surface area contributed by atoms with Crippen LogP contribution in [0.1, 0.15) is 36.2 Å². The third kappa shape index (κ3) is 2.88. The molecule has 2 aromatic rings. The molecule has 1 saturated heterocycles. The van der Waals surface area contributed by atoms with Crippen molar-refractivity contribution in [3.63, 3.8) is 0 Å². The van der Waals surface area contributed by atoms with E-state index in [1.807, 2.05) is 6.92 Å². The van der Waals surface area contributed by atoms with Gasteiger partial charge in [0.2, 0.25) is 0 Å². The second kappa shape index (κ2) is 5.42. The van der Waals surface area contributed by atoms with Crippen molar-refractivity contribution in [1.82, 2.24) is 24.9 Å². The van der Waals surface area contributed by atoms with E-state index in [-0.39, 0.29) is 11.8 Å². The summed E-state index contributed by atoms with van der Waals surface area (Å²) in [4.78, 5) is 6.55. The van der Waals surface area contributed by atoms with Crippen molar-refractivity contribution < 1.29 is 10.2 Å². The van der Waals surface area contributed by atoms with Crippen LogP contribution in [0.15, 0.2) is 18.3 Å². The minimum atomic E-state index is -0.594. The normalized spacial score (nSPS) is 17.7. The molecule has 7 heteroatoms. The number of rotatable bonds is 4. The topological polar surface area (TPSA) is 87.3 Å². The van der Waals surface area contributed by atoms with Crippen molar-refractivity contribution in [2.45, 2.75) is 32.5 Å². The fourth-order valence-corrected chi connectivity index (χ4v) is 2.43. The number of likely N-dealkylation sites (tertiary alicyclic amines) is 1. The highest BCUT2D eigenvalue weighted by atomic mass is 16.3. The van der Waals surface area contributed by atoms with Crippen LogP contribution in [0.5, 0.6) is 5.75 Å². The third-order valence-electron chi connectivity index (χ3n) is 3.73. The molecule has 21 heavy (non-hydrogen) atoms. The van der Waals surface area contributed by atoms with E-state index in [0.717, 1.165) is 18.8 Å². The van der Waals surface area contributed by atoms with Crippen LogP contribution in [-0.4, -0.2) is 48.2 Å². The summed E-state index contributed by atoms with van der Waals surface area (Å²) in [5.74, 6) is 0.237. The maximum absolute atomic E-state index is 9.81. The second-order valence-corrected chi connectivity index (χ2v) is 5.57. The fraction of sp³-hybridized carbons (Fsp3) is 0.500. The van der Waals surface area contributed by atoms with Gasteiger partial charge >= 0.3 is 0 Å². The van der Waals surface area contributed by atoms with Crippen molar-refractivity contribution in [3.8, 4) is 5.75 Å². The van der Waals surface area contributed by atoms with E-state index in [0.29, 0.717) is 17.9 Å². The lowest BCUT2D eigenvalue weighted by molar-refractivity contribution is 0.0872. The molecular formula is C14H19N5O2. The van der Waals surface area contributed by atoms with Gasteiger partial charge in [0.15, 0.2) is 0 Å². The molecule has 112 valence electrons. The highest BCUT2D eigenvalue weighted by Gasteiger charge is 2.30. The molecule has 0 saturated carbocycles. The molecule has 1 unspecified atom stereocenters. The average Bonchev–Trinajstić information content (AvgIpc) is 2.86. The predicted molar refractivity (Wildman–Crippen MR) is 75.6 cm³/mol. The van der Waals surface area contributed by atoms with Gasteiger partial charge in [-0.3, -0.25) is 9.88 Å². The van der Waals surface area contributed by atoms with Crippen LogP contribution < -0.4 is 0 Å². The lowest BCUT2D eigenvalue weighted by Gasteiger charge is -2.38. The zero-order valence-electron chi connectivity index (χ0n) is 12.1. The van der Waals surface area contributed by atoms with Gasteiger partial charge in [-0.05, 0) is 26.0 Å². The largest absolute Gasteiger partial charge is 0.506 e. The number of aliphatic hydroxyl groups excluding tert-OH is 1. The van der Waals surface area contributed by atoms with E-state index in [1.54, 1.807) is 29.9 Å². The fourth-order valence-electron chi connectivity index (χ4n) is 2.43. The molecule has 3 rings (SSSR count). The molecular weight excluding hydrogens is 270 g/mol. The van der Waals surface area contributed by atoms with Crippen LogP contribution in [0.3, 0.4) is 0 Å². The molecule has 0 spiro atoms. The van der Waals surface area contributed by atoms with Gasteiger partial charge < -0.3 is 10.2 Å². The second-order valence-electron chi connectivity index (χ2n) is 5.57. The summed E-state index contributed by atoms with van der Waals surface area (Å²) in [6, 6.07) is 3.74. The predicted octanol–water partition coefficient (Wildman–Crippen LogP) is 0.797. The zero-order valence-corrected chi connectivity index (χ0v) is 12.1. The van der Waals surface area contributed by atoms with Crippen LogP contribution in [-0.2, 0) is 6.54 Å². The molecule has 0 bridgehead atoms. The summed E-state index contributed by atoms with van der Waals surface area (Å²) in [6.45, 7) is 5.87. The Hall–Kier alpha value is -1.99. The minimum Gasteiger partial charge on any atom is -0.506 e. The number of hydrogen-bond acceptors (Lipinski definition) is 6. The first-order valence-electron chi connectivity index (χ1n) is 7.00. The quantitative estimate of drug-likeness (QED) is 0.865. The molecule has 0 aliphatic carbocycles. The number of hydrogen-bond donors (Lipinski definition) is 2. The molecule has 1 fully saturated rings. The van der Waals surface area contributed by atoms with Crippen molar-refractivity contribution in [2.24, 2.45) is 0 Å². The van der Waals surface area contributed by atoms with Gasteiger partial charge in [-0.25, -0.2) is 4.68 Å². The van der Waals surface area contributed by atoms with Gasteiger partial charge in [-0.15, -0.1) is 5.10 Å². The Kier molecular flexibility index (Phi) is 3.60. The summed E-state index contributed by atoms with van der Waals surface area (Å²) >= 11 is 0. The maximum Gasteiger partial charge on any atom is 0.138 e. The number of aromatic hydroxyl groups is 1. The highest BCUT2D eigenvalue weighted by molar-refractivity contribution is 5.27. The van der Waals surface area contributed by atoms with E-state index in [1.165, 1.54) is 0 Å². The van der Waals surface area contributed by atoms with Crippen molar-refractivity contribution in [2.75, 3.05) is 13.1 Å². The summed E-state index contributed by atoms with van der Waals surface area (Å²) in [7, 11) is 0. The Bertz CT molecular complexity index is 634. The molecule has 2 N–H and O–H groups in total. The monoisotopic (exact) mass is 289 g/mol. The molecule has 0 aromatic carbocycles. The van der Waals surface area contributed by atoms with E-state index in [2.05, 4.69) is 20.2 Å². The van der Waals surface area contributed by atoms with E-state index < -0.39 is 6.10 Å². The van der Waals surface area contributed by atoms with Gasteiger partial charge in [0.25, 0.3) is 0 Å². The van der Waals surface area contributed by atoms with Gasteiger partial charge in [0, 0.05) is 25.3 Å². The van der Waals surface area contributed by atoms with Crippen LogP contribution >= 0.6 is 0 Å². The Labute approximate surface area is 122 Å². The Morgan fingerprint density at radius 3 is 2.81 bits per heavy atom. The van der Waals surface area contributed by atoms with Gasteiger partial charge in [-0.1, -0.05) is 5.21 Å². The van der Waals surface area contributed by atoms with Crippen molar-refractivity contribution in [3.05, 3.63) is 35.4 Å². The average molecular weight is 289 g/mol. The summed E-state index contributed by atoms with van der Waals surface area (Å²) in [5, 5.41) is 27.2. The molecule has 3 heterocycles. The third-order valence-corrected chi connectivity index (χ3v) is 3.73.